The van der Waals surface area contributed by atoms with Crippen LogP contribution in [0.1, 0.15) is 31.1 Å². The Morgan fingerprint density at radius 3 is 2.79 bits per heavy atom. The van der Waals surface area contributed by atoms with Gasteiger partial charge >= 0.3 is 0 Å². The number of thiophene rings is 1. The van der Waals surface area contributed by atoms with Gasteiger partial charge in [0.2, 0.25) is 0 Å². The average molecular weight is 344 g/mol. The Hall–Kier alpha value is -1.69. The van der Waals surface area contributed by atoms with Gasteiger partial charge in [0.05, 0.1) is 6.54 Å². The molecule has 2 unspecified atom stereocenters. The van der Waals surface area contributed by atoms with Crippen LogP contribution in [0, 0.1) is 0 Å². The molecule has 1 saturated heterocycles. The number of hydrogen-bond acceptors (Lipinski definition) is 4. The molecule has 4 nitrogen and oxygen atoms in total. The van der Waals surface area contributed by atoms with Crippen molar-refractivity contribution in [1.29, 1.82) is 0 Å². The molecule has 2 heterocycles. The maximum Gasteiger partial charge on any atom is 0.253 e. The van der Waals surface area contributed by atoms with Crippen molar-refractivity contribution < 1.29 is 9.53 Å². The van der Waals surface area contributed by atoms with Crippen LogP contribution in [0.15, 0.2) is 47.8 Å². The van der Waals surface area contributed by atoms with Gasteiger partial charge in [-0.1, -0.05) is 24.3 Å². The smallest absolute Gasteiger partial charge is 0.253 e. The highest BCUT2D eigenvalue weighted by molar-refractivity contribution is 7.09. The molecule has 0 radical (unpaired) electrons. The number of amides is 1. The predicted molar refractivity (Wildman–Crippen MR) is 98.1 cm³/mol. The molecule has 3 rings (SSSR count). The van der Waals surface area contributed by atoms with Crippen LogP contribution in [-0.2, 0) is 16.1 Å². The number of hydrogen-bond donors (Lipinski definition) is 1. The third-order valence-electron chi connectivity index (χ3n) is 4.24. The SMILES string of the molecule is CC1CCCC(OCC(=O)N(Cc2cccs2)c2ccccc2)N1. The minimum Gasteiger partial charge on any atom is -0.354 e. The maximum absolute atomic E-state index is 12.8. The van der Waals surface area contributed by atoms with E-state index in [0.717, 1.165) is 23.4 Å². The molecule has 5 heteroatoms. The molecule has 1 amide bonds. The van der Waals surface area contributed by atoms with Gasteiger partial charge in [-0.3, -0.25) is 10.1 Å². The molecule has 0 bridgehead atoms. The zero-order chi connectivity index (χ0) is 16.8. The number of anilines is 1. The van der Waals surface area contributed by atoms with E-state index >= 15 is 0 Å². The van der Waals surface area contributed by atoms with E-state index < -0.39 is 0 Å². The number of nitrogens with zero attached hydrogens (tertiary/aromatic N) is 1. The van der Waals surface area contributed by atoms with Crippen LogP contribution in [0.2, 0.25) is 0 Å². The van der Waals surface area contributed by atoms with Crippen LogP contribution in [0.25, 0.3) is 0 Å². The zero-order valence-corrected chi connectivity index (χ0v) is 14.8. The van der Waals surface area contributed by atoms with E-state index in [4.69, 9.17) is 4.74 Å². The summed E-state index contributed by atoms with van der Waals surface area (Å²) in [4.78, 5) is 15.7. The minimum atomic E-state index is -0.0166. The molecule has 1 aliphatic heterocycles. The number of carbonyl (C=O) groups excluding carboxylic acids is 1. The lowest BCUT2D eigenvalue weighted by atomic mass is 10.1. The summed E-state index contributed by atoms with van der Waals surface area (Å²) in [5.74, 6) is -0.00498. The molecule has 0 spiro atoms. The lowest BCUT2D eigenvalue weighted by molar-refractivity contribution is -0.126. The molecule has 1 aromatic heterocycles. The van der Waals surface area contributed by atoms with Crippen molar-refractivity contribution in [3.63, 3.8) is 0 Å². The fraction of sp³-hybridized carbons (Fsp3) is 0.421. The Morgan fingerprint density at radius 1 is 1.25 bits per heavy atom. The van der Waals surface area contributed by atoms with Crippen molar-refractivity contribution in [3.8, 4) is 0 Å². The number of nitrogens with one attached hydrogen (secondary N) is 1. The first kappa shape index (κ1) is 17.1. The molecule has 0 saturated carbocycles. The second kappa shape index (κ2) is 8.42. The van der Waals surface area contributed by atoms with E-state index in [1.54, 1.807) is 16.2 Å². The highest BCUT2D eigenvalue weighted by atomic mass is 32.1. The summed E-state index contributed by atoms with van der Waals surface area (Å²) >= 11 is 1.66. The van der Waals surface area contributed by atoms with Crippen LogP contribution in [0.4, 0.5) is 5.69 Å². The summed E-state index contributed by atoms with van der Waals surface area (Å²) in [6, 6.07) is 14.3. The first-order valence-corrected chi connectivity index (χ1v) is 9.36. The summed E-state index contributed by atoms with van der Waals surface area (Å²) < 4.78 is 5.84. The van der Waals surface area contributed by atoms with Gasteiger partial charge in [-0.25, -0.2) is 0 Å². The molecular formula is C19H24N2O2S. The minimum absolute atomic E-state index is 0.00498. The van der Waals surface area contributed by atoms with E-state index in [-0.39, 0.29) is 18.7 Å². The molecule has 1 aliphatic rings. The summed E-state index contributed by atoms with van der Waals surface area (Å²) in [7, 11) is 0. The number of rotatable bonds is 6. The highest BCUT2D eigenvalue weighted by Crippen LogP contribution is 2.20. The van der Waals surface area contributed by atoms with Crippen LogP contribution in [0.3, 0.4) is 0 Å². The van der Waals surface area contributed by atoms with Gasteiger partial charge in [0.15, 0.2) is 0 Å². The molecule has 24 heavy (non-hydrogen) atoms. The average Bonchev–Trinajstić information content (AvgIpc) is 3.12. The number of para-hydroxylation sites is 1. The highest BCUT2D eigenvalue weighted by Gasteiger charge is 2.22. The third-order valence-corrected chi connectivity index (χ3v) is 5.11. The van der Waals surface area contributed by atoms with Crippen LogP contribution in [-0.4, -0.2) is 24.8 Å². The molecule has 1 fully saturated rings. The van der Waals surface area contributed by atoms with E-state index in [1.807, 2.05) is 41.8 Å². The summed E-state index contributed by atoms with van der Waals surface area (Å²) in [5, 5.41) is 5.44. The summed E-state index contributed by atoms with van der Waals surface area (Å²) in [5.41, 5.74) is 0.907. The van der Waals surface area contributed by atoms with Crippen LogP contribution < -0.4 is 10.2 Å². The second-order valence-corrected chi connectivity index (χ2v) is 7.23. The van der Waals surface area contributed by atoms with Crippen molar-refractivity contribution >= 4 is 22.9 Å². The van der Waals surface area contributed by atoms with Crippen molar-refractivity contribution in [2.75, 3.05) is 11.5 Å². The van der Waals surface area contributed by atoms with Crippen molar-refractivity contribution in [2.45, 2.75) is 45.0 Å². The zero-order valence-electron chi connectivity index (χ0n) is 14.0. The van der Waals surface area contributed by atoms with Crippen LogP contribution >= 0.6 is 11.3 Å². The topological polar surface area (TPSA) is 41.6 Å². The van der Waals surface area contributed by atoms with Crippen molar-refractivity contribution in [1.82, 2.24) is 5.32 Å². The summed E-state index contributed by atoms with van der Waals surface area (Å²) in [6.45, 7) is 2.84. The number of piperidine rings is 1. The van der Waals surface area contributed by atoms with Crippen LogP contribution in [0.5, 0.6) is 0 Å². The lowest BCUT2D eigenvalue weighted by Crippen LogP contribution is -2.44. The number of carbonyl (C=O) groups is 1. The van der Waals surface area contributed by atoms with Gasteiger partial charge in [-0.15, -0.1) is 11.3 Å². The molecule has 2 atom stereocenters. The first-order valence-electron chi connectivity index (χ1n) is 8.48. The second-order valence-electron chi connectivity index (χ2n) is 6.19. The van der Waals surface area contributed by atoms with Crippen molar-refractivity contribution in [2.24, 2.45) is 0 Å². The fourth-order valence-electron chi connectivity index (χ4n) is 2.96. The first-order chi connectivity index (χ1) is 11.7. The number of benzene rings is 1. The molecule has 128 valence electrons. The van der Waals surface area contributed by atoms with E-state index in [1.165, 1.54) is 6.42 Å². The fourth-order valence-corrected chi connectivity index (χ4v) is 3.66. The van der Waals surface area contributed by atoms with Gasteiger partial charge in [0.25, 0.3) is 5.91 Å². The van der Waals surface area contributed by atoms with Gasteiger partial charge in [0.1, 0.15) is 12.8 Å². The summed E-state index contributed by atoms with van der Waals surface area (Å²) in [6.07, 6.45) is 3.26. The standard InChI is InChI=1S/C19H24N2O2S/c1-15-7-5-11-18(20-15)23-14-19(22)21(13-17-10-6-12-24-17)16-8-3-2-4-9-16/h2-4,6,8-10,12,15,18,20H,5,7,11,13-14H2,1H3. The Bertz CT molecular complexity index is 630. The van der Waals surface area contributed by atoms with E-state index in [0.29, 0.717) is 12.6 Å². The normalized spacial score (nSPS) is 20.7. The largest absolute Gasteiger partial charge is 0.354 e. The molecule has 1 aromatic carbocycles. The van der Waals surface area contributed by atoms with E-state index in [9.17, 15) is 4.79 Å². The van der Waals surface area contributed by atoms with Gasteiger partial charge in [-0.2, -0.15) is 0 Å². The van der Waals surface area contributed by atoms with Gasteiger partial charge in [0, 0.05) is 16.6 Å². The molecular weight excluding hydrogens is 320 g/mol. The Kier molecular flexibility index (Phi) is 6.01. The Labute approximate surface area is 147 Å². The van der Waals surface area contributed by atoms with E-state index in [2.05, 4.69) is 18.3 Å². The monoisotopic (exact) mass is 344 g/mol. The van der Waals surface area contributed by atoms with Gasteiger partial charge < -0.3 is 9.64 Å². The lowest BCUT2D eigenvalue weighted by Gasteiger charge is -2.29. The third kappa shape index (κ3) is 4.66. The van der Waals surface area contributed by atoms with Gasteiger partial charge in [-0.05, 0) is 49.8 Å². The van der Waals surface area contributed by atoms with Crippen molar-refractivity contribution in [3.05, 3.63) is 52.7 Å². The maximum atomic E-state index is 12.8. The Morgan fingerprint density at radius 2 is 2.08 bits per heavy atom. The molecule has 1 N–H and O–H groups in total. The number of ether oxygens (including phenoxy) is 1. The molecule has 2 aromatic rings. The quantitative estimate of drug-likeness (QED) is 0.867. The Balaban J connectivity index is 1.64. The predicted octanol–water partition coefficient (Wildman–Crippen LogP) is 3.79. The molecule has 0 aliphatic carbocycles.